The van der Waals surface area contributed by atoms with E-state index in [-0.39, 0.29) is 6.04 Å². The molecule has 1 fully saturated rings. The van der Waals surface area contributed by atoms with E-state index < -0.39 is 6.10 Å². The van der Waals surface area contributed by atoms with Crippen LogP contribution in [-0.4, -0.2) is 42.2 Å². The van der Waals surface area contributed by atoms with Gasteiger partial charge in [-0.2, -0.15) is 0 Å². The number of hydrogen-bond donors (Lipinski definition) is 3. The lowest BCUT2D eigenvalue weighted by Crippen LogP contribution is -2.49. The quantitative estimate of drug-likeness (QED) is 0.709. The van der Waals surface area contributed by atoms with Crippen LogP contribution in [-0.2, 0) is 11.2 Å². The predicted octanol–water partition coefficient (Wildman–Crippen LogP) is 1.06. The minimum atomic E-state index is -0.520. The number of anilines is 1. The number of aliphatic hydroxyl groups is 1. The number of hydrogen-bond acceptors (Lipinski definition) is 4. The predicted molar refractivity (Wildman–Crippen MR) is 80.2 cm³/mol. The molecule has 0 spiro atoms. The van der Waals surface area contributed by atoms with E-state index in [9.17, 15) is 5.11 Å². The molecular formula is C14H18N2O3S. The number of fused-ring (bicyclic) bond motifs is 1. The molecule has 5 nitrogen and oxygen atoms in total. The van der Waals surface area contributed by atoms with Gasteiger partial charge in [-0.1, -0.05) is 6.07 Å². The van der Waals surface area contributed by atoms with Crippen molar-refractivity contribution >= 4 is 23.0 Å². The molecule has 0 amide bonds. The molecule has 2 aliphatic heterocycles. The Morgan fingerprint density at radius 3 is 3.10 bits per heavy atom. The molecule has 0 aliphatic carbocycles. The van der Waals surface area contributed by atoms with Gasteiger partial charge in [-0.15, -0.1) is 0 Å². The lowest BCUT2D eigenvalue weighted by molar-refractivity contribution is -0.0229. The molecule has 2 heterocycles. The van der Waals surface area contributed by atoms with E-state index in [2.05, 4.69) is 10.6 Å². The van der Waals surface area contributed by atoms with Crippen LogP contribution in [0.1, 0.15) is 12.0 Å². The average Bonchev–Trinajstić information content (AvgIpc) is 2.91. The molecule has 1 aromatic rings. The third-order valence-electron chi connectivity index (χ3n) is 3.63. The third-order valence-corrected chi connectivity index (χ3v) is 3.85. The maximum Gasteiger partial charge on any atom is 0.171 e. The molecule has 0 saturated carbocycles. The van der Waals surface area contributed by atoms with E-state index in [0.717, 1.165) is 29.8 Å². The minimum absolute atomic E-state index is 0.0586. The molecule has 0 unspecified atom stereocenters. The van der Waals surface area contributed by atoms with Crippen molar-refractivity contribution < 1.29 is 14.6 Å². The molecule has 3 rings (SSSR count). The third kappa shape index (κ3) is 2.87. The van der Waals surface area contributed by atoms with Gasteiger partial charge in [-0.05, 0) is 30.8 Å². The van der Waals surface area contributed by atoms with Gasteiger partial charge in [0, 0.05) is 24.3 Å². The molecular weight excluding hydrogens is 276 g/mol. The van der Waals surface area contributed by atoms with Gasteiger partial charge in [0.25, 0.3) is 0 Å². The van der Waals surface area contributed by atoms with Crippen molar-refractivity contribution in [2.24, 2.45) is 0 Å². The van der Waals surface area contributed by atoms with Crippen LogP contribution in [0, 0.1) is 0 Å². The fourth-order valence-electron chi connectivity index (χ4n) is 2.56. The Bertz CT molecular complexity index is 509. The van der Waals surface area contributed by atoms with Gasteiger partial charge in [0.1, 0.15) is 5.75 Å². The molecule has 1 aromatic carbocycles. The SMILES string of the molecule is O[C@H]1COCC[C@H]1NC(=S)Nc1cccc2c1CCO2. The monoisotopic (exact) mass is 294 g/mol. The van der Waals surface area contributed by atoms with Crippen molar-refractivity contribution in [3.8, 4) is 5.75 Å². The number of ether oxygens (including phenoxy) is 2. The van der Waals surface area contributed by atoms with Gasteiger partial charge >= 0.3 is 0 Å². The van der Waals surface area contributed by atoms with Crippen molar-refractivity contribution in [1.29, 1.82) is 0 Å². The number of rotatable bonds is 2. The van der Waals surface area contributed by atoms with Crippen molar-refractivity contribution in [3.63, 3.8) is 0 Å². The number of benzene rings is 1. The highest BCUT2D eigenvalue weighted by Crippen LogP contribution is 2.31. The first-order chi connectivity index (χ1) is 9.74. The van der Waals surface area contributed by atoms with Gasteiger partial charge in [0.2, 0.25) is 0 Å². The fraction of sp³-hybridized carbons (Fsp3) is 0.500. The molecule has 6 heteroatoms. The van der Waals surface area contributed by atoms with Crippen molar-refractivity contribution in [2.45, 2.75) is 25.0 Å². The van der Waals surface area contributed by atoms with E-state index in [4.69, 9.17) is 21.7 Å². The summed E-state index contributed by atoms with van der Waals surface area (Å²) in [6.07, 6.45) is 1.12. The van der Waals surface area contributed by atoms with E-state index in [1.807, 2.05) is 18.2 Å². The molecule has 2 aliphatic rings. The van der Waals surface area contributed by atoms with Crippen LogP contribution in [0.15, 0.2) is 18.2 Å². The van der Waals surface area contributed by atoms with Crippen LogP contribution in [0.5, 0.6) is 5.75 Å². The van der Waals surface area contributed by atoms with Crippen molar-refractivity contribution in [3.05, 3.63) is 23.8 Å². The van der Waals surface area contributed by atoms with Gasteiger partial charge in [0.15, 0.2) is 5.11 Å². The highest BCUT2D eigenvalue weighted by molar-refractivity contribution is 7.80. The zero-order valence-electron chi connectivity index (χ0n) is 11.1. The summed E-state index contributed by atoms with van der Waals surface area (Å²) in [5, 5.41) is 16.7. The van der Waals surface area contributed by atoms with Crippen LogP contribution in [0.3, 0.4) is 0 Å². The van der Waals surface area contributed by atoms with Gasteiger partial charge < -0.3 is 25.2 Å². The highest BCUT2D eigenvalue weighted by Gasteiger charge is 2.24. The van der Waals surface area contributed by atoms with E-state index in [0.29, 0.717) is 24.9 Å². The van der Waals surface area contributed by atoms with Gasteiger partial charge in [-0.3, -0.25) is 0 Å². The first-order valence-electron chi connectivity index (χ1n) is 6.82. The standard InChI is InChI=1S/C14H18N2O3S/c17-12-8-18-6-5-11(12)16-14(20)15-10-2-1-3-13-9(10)4-7-19-13/h1-3,11-12,17H,4-8H2,(H2,15,16,20)/t11-,12+/m1/s1. The Kier molecular flexibility index (Phi) is 4.05. The number of aliphatic hydroxyl groups excluding tert-OH is 1. The van der Waals surface area contributed by atoms with E-state index in [1.165, 1.54) is 0 Å². The highest BCUT2D eigenvalue weighted by atomic mass is 32.1. The van der Waals surface area contributed by atoms with Gasteiger partial charge in [0.05, 0.1) is 25.4 Å². The van der Waals surface area contributed by atoms with Crippen LogP contribution < -0.4 is 15.4 Å². The largest absolute Gasteiger partial charge is 0.493 e. The first kappa shape index (κ1) is 13.6. The van der Waals surface area contributed by atoms with Crippen molar-refractivity contribution in [2.75, 3.05) is 25.1 Å². The summed E-state index contributed by atoms with van der Waals surface area (Å²) in [5.74, 6) is 0.920. The van der Waals surface area contributed by atoms with Crippen molar-refractivity contribution in [1.82, 2.24) is 5.32 Å². The summed E-state index contributed by atoms with van der Waals surface area (Å²) in [7, 11) is 0. The second-order valence-electron chi connectivity index (χ2n) is 5.02. The van der Waals surface area contributed by atoms with Crippen LogP contribution >= 0.6 is 12.2 Å². The topological polar surface area (TPSA) is 62.8 Å². The summed E-state index contributed by atoms with van der Waals surface area (Å²) in [5.41, 5.74) is 2.13. The fourth-order valence-corrected chi connectivity index (χ4v) is 2.82. The zero-order chi connectivity index (χ0) is 13.9. The maximum atomic E-state index is 9.84. The Balaban J connectivity index is 1.63. The molecule has 108 valence electrons. The molecule has 2 atom stereocenters. The summed E-state index contributed by atoms with van der Waals surface area (Å²) < 4.78 is 10.7. The summed E-state index contributed by atoms with van der Waals surface area (Å²) in [6.45, 7) is 1.72. The molecule has 1 saturated heterocycles. The Hall–Kier alpha value is -1.37. The maximum absolute atomic E-state index is 9.84. The van der Waals surface area contributed by atoms with Crippen LogP contribution in [0.4, 0.5) is 5.69 Å². The zero-order valence-corrected chi connectivity index (χ0v) is 11.9. The van der Waals surface area contributed by atoms with Crippen LogP contribution in [0.2, 0.25) is 0 Å². The Labute approximate surface area is 123 Å². The van der Waals surface area contributed by atoms with E-state index in [1.54, 1.807) is 0 Å². The smallest absolute Gasteiger partial charge is 0.171 e. The average molecular weight is 294 g/mol. The molecule has 0 radical (unpaired) electrons. The second-order valence-corrected chi connectivity index (χ2v) is 5.42. The summed E-state index contributed by atoms with van der Waals surface area (Å²) in [6, 6.07) is 5.84. The number of thiocarbonyl (C=S) groups is 1. The molecule has 0 bridgehead atoms. The van der Waals surface area contributed by atoms with Gasteiger partial charge in [-0.25, -0.2) is 0 Å². The lowest BCUT2D eigenvalue weighted by atomic mass is 10.1. The normalized spacial score (nSPS) is 24.6. The molecule has 0 aromatic heterocycles. The summed E-state index contributed by atoms with van der Waals surface area (Å²) >= 11 is 5.33. The summed E-state index contributed by atoms with van der Waals surface area (Å²) in [4.78, 5) is 0. The minimum Gasteiger partial charge on any atom is -0.493 e. The van der Waals surface area contributed by atoms with E-state index >= 15 is 0 Å². The lowest BCUT2D eigenvalue weighted by Gasteiger charge is -2.29. The number of nitrogens with one attached hydrogen (secondary N) is 2. The Morgan fingerprint density at radius 2 is 2.25 bits per heavy atom. The molecule has 3 N–H and O–H groups in total. The van der Waals surface area contributed by atoms with Crippen LogP contribution in [0.25, 0.3) is 0 Å². The first-order valence-corrected chi connectivity index (χ1v) is 7.23. The second kappa shape index (κ2) is 5.95. The molecule has 20 heavy (non-hydrogen) atoms. The Morgan fingerprint density at radius 1 is 1.35 bits per heavy atom.